The molecule has 0 saturated carbocycles. The number of benzene rings is 1. The lowest BCUT2D eigenvalue weighted by Gasteiger charge is -2.05. The van der Waals surface area contributed by atoms with Gasteiger partial charge in [0.05, 0.1) is 0 Å². The summed E-state index contributed by atoms with van der Waals surface area (Å²) in [5.41, 5.74) is 0.974. The molecule has 0 amide bonds. The van der Waals surface area contributed by atoms with Crippen LogP contribution in [0.4, 0.5) is 0 Å². The van der Waals surface area contributed by atoms with Crippen molar-refractivity contribution in [2.75, 3.05) is 5.33 Å². The maximum atomic E-state index is 10.7. The van der Waals surface area contributed by atoms with Crippen LogP contribution in [0, 0.1) is 0 Å². The Kier molecular flexibility index (Phi) is 4.42. The number of ether oxygens (including phenoxy) is 1. The third-order valence-corrected chi connectivity index (χ3v) is 2.41. The molecule has 0 aliphatic rings. The van der Waals surface area contributed by atoms with Crippen molar-refractivity contribution < 1.29 is 9.53 Å². The summed E-state index contributed by atoms with van der Waals surface area (Å²) in [6, 6.07) is 5.20. The summed E-state index contributed by atoms with van der Waals surface area (Å²) in [6.45, 7) is 1.37. The summed E-state index contributed by atoms with van der Waals surface area (Å²) in [5, 5.41) is 1.52. The number of hydrogen-bond acceptors (Lipinski definition) is 2. The van der Waals surface area contributed by atoms with E-state index >= 15 is 0 Å². The Labute approximate surface area is 96.3 Å². The quantitative estimate of drug-likeness (QED) is 0.482. The van der Waals surface area contributed by atoms with Gasteiger partial charge in [-0.3, -0.25) is 4.79 Å². The highest BCUT2D eigenvalue weighted by Gasteiger charge is 2.03. The lowest BCUT2D eigenvalue weighted by Crippen LogP contribution is -2.01. The molecular formula is C10H10BrClO2. The second-order valence-electron chi connectivity index (χ2n) is 2.79. The van der Waals surface area contributed by atoms with Gasteiger partial charge in [-0.05, 0) is 30.2 Å². The second-order valence-corrected chi connectivity index (χ2v) is 3.99. The van der Waals surface area contributed by atoms with Crippen molar-refractivity contribution in [1.29, 1.82) is 0 Å². The molecule has 0 aromatic heterocycles. The van der Waals surface area contributed by atoms with Crippen LogP contribution >= 0.6 is 27.5 Å². The molecule has 0 spiro atoms. The number of alkyl halides is 1. The SMILES string of the molecule is CC(=O)Oc1ccc(Cl)c(CCBr)c1. The van der Waals surface area contributed by atoms with Crippen molar-refractivity contribution >= 4 is 33.5 Å². The van der Waals surface area contributed by atoms with Crippen LogP contribution in [-0.2, 0) is 11.2 Å². The minimum Gasteiger partial charge on any atom is -0.427 e. The van der Waals surface area contributed by atoms with Gasteiger partial charge < -0.3 is 4.74 Å². The van der Waals surface area contributed by atoms with Gasteiger partial charge in [-0.2, -0.15) is 0 Å². The minimum atomic E-state index is -0.322. The van der Waals surface area contributed by atoms with Gasteiger partial charge in [-0.15, -0.1) is 0 Å². The smallest absolute Gasteiger partial charge is 0.308 e. The molecule has 0 atom stereocenters. The zero-order valence-electron chi connectivity index (χ0n) is 7.72. The van der Waals surface area contributed by atoms with Crippen LogP contribution in [0.15, 0.2) is 18.2 Å². The summed E-state index contributed by atoms with van der Waals surface area (Å²) in [6.07, 6.45) is 0.813. The summed E-state index contributed by atoms with van der Waals surface area (Å²) >= 11 is 9.28. The first kappa shape index (κ1) is 11.5. The average Bonchev–Trinajstić information content (AvgIpc) is 2.10. The fourth-order valence-corrected chi connectivity index (χ4v) is 1.71. The summed E-state index contributed by atoms with van der Waals surface area (Å²) in [4.78, 5) is 10.7. The zero-order valence-corrected chi connectivity index (χ0v) is 10.1. The van der Waals surface area contributed by atoms with E-state index in [9.17, 15) is 4.79 Å². The van der Waals surface area contributed by atoms with Crippen LogP contribution in [0.25, 0.3) is 0 Å². The summed E-state index contributed by atoms with van der Waals surface area (Å²) < 4.78 is 4.94. The van der Waals surface area contributed by atoms with Crippen LogP contribution in [0.5, 0.6) is 5.75 Å². The molecule has 0 N–H and O–H groups in total. The van der Waals surface area contributed by atoms with E-state index in [1.54, 1.807) is 18.2 Å². The number of rotatable bonds is 3. The van der Waals surface area contributed by atoms with Crippen molar-refractivity contribution in [1.82, 2.24) is 0 Å². The Balaban J connectivity index is 2.88. The van der Waals surface area contributed by atoms with Gasteiger partial charge >= 0.3 is 5.97 Å². The number of carbonyl (C=O) groups is 1. The van der Waals surface area contributed by atoms with E-state index in [2.05, 4.69) is 15.9 Å². The Bertz CT molecular complexity index is 339. The Morgan fingerprint density at radius 1 is 1.57 bits per heavy atom. The van der Waals surface area contributed by atoms with Crippen molar-refractivity contribution in [2.45, 2.75) is 13.3 Å². The molecule has 0 saturated heterocycles. The fourth-order valence-electron chi connectivity index (χ4n) is 1.07. The van der Waals surface area contributed by atoms with Gasteiger partial charge in [0.25, 0.3) is 0 Å². The van der Waals surface area contributed by atoms with Crippen molar-refractivity contribution in [3.05, 3.63) is 28.8 Å². The molecule has 0 unspecified atom stereocenters. The van der Waals surface area contributed by atoms with Crippen LogP contribution in [0.2, 0.25) is 5.02 Å². The van der Waals surface area contributed by atoms with Gasteiger partial charge in [0.2, 0.25) is 0 Å². The molecule has 0 aliphatic carbocycles. The first-order valence-corrected chi connectivity index (χ1v) is 5.66. The van der Waals surface area contributed by atoms with Gasteiger partial charge in [-0.1, -0.05) is 27.5 Å². The third kappa shape index (κ3) is 3.31. The van der Waals surface area contributed by atoms with Gasteiger partial charge in [-0.25, -0.2) is 0 Å². The third-order valence-electron chi connectivity index (χ3n) is 1.64. The number of hydrogen-bond donors (Lipinski definition) is 0. The average molecular weight is 278 g/mol. The molecule has 0 bridgehead atoms. The van der Waals surface area contributed by atoms with Gasteiger partial charge in [0.15, 0.2) is 0 Å². The minimum absolute atomic E-state index is 0.322. The number of esters is 1. The second kappa shape index (κ2) is 5.37. The molecule has 0 heterocycles. The topological polar surface area (TPSA) is 26.3 Å². The largest absolute Gasteiger partial charge is 0.427 e. The maximum Gasteiger partial charge on any atom is 0.308 e. The van der Waals surface area contributed by atoms with Crippen molar-refractivity contribution in [3.8, 4) is 5.75 Å². The molecule has 0 fully saturated rings. The van der Waals surface area contributed by atoms with E-state index in [-0.39, 0.29) is 5.97 Å². The van der Waals surface area contributed by atoms with E-state index in [0.29, 0.717) is 10.8 Å². The van der Waals surface area contributed by atoms with E-state index in [0.717, 1.165) is 17.3 Å². The highest BCUT2D eigenvalue weighted by atomic mass is 79.9. The van der Waals surface area contributed by atoms with Crippen LogP contribution in [0.1, 0.15) is 12.5 Å². The summed E-state index contributed by atoms with van der Waals surface area (Å²) in [7, 11) is 0. The van der Waals surface area contributed by atoms with Crippen molar-refractivity contribution in [2.24, 2.45) is 0 Å². The van der Waals surface area contributed by atoms with Gasteiger partial charge in [0, 0.05) is 17.3 Å². The van der Waals surface area contributed by atoms with Crippen LogP contribution in [0.3, 0.4) is 0 Å². The molecule has 14 heavy (non-hydrogen) atoms. The predicted octanol–water partition coefficient (Wildman–Crippen LogP) is 3.20. The molecule has 76 valence electrons. The molecule has 1 aromatic carbocycles. The molecule has 4 heteroatoms. The summed E-state index contributed by atoms with van der Waals surface area (Å²) in [5.74, 6) is 0.218. The number of halogens is 2. The molecule has 1 aromatic rings. The first-order valence-electron chi connectivity index (χ1n) is 4.16. The Morgan fingerprint density at radius 2 is 2.29 bits per heavy atom. The van der Waals surface area contributed by atoms with Gasteiger partial charge in [0.1, 0.15) is 5.75 Å². The van der Waals surface area contributed by atoms with E-state index in [1.807, 2.05) is 0 Å². The molecule has 2 nitrogen and oxygen atoms in total. The molecule has 0 radical (unpaired) electrons. The first-order chi connectivity index (χ1) is 6.63. The van der Waals surface area contributed by atoms with E-state index in [1.165, 1.54) is 6.92 Å². The Hall–Kier alpha value is -0.540. The number of aryl methyl sites for hydroxylation is 1. The highest BCUT2D eigenvalue weighted by Crippen LogP contribution is 2.23. The lowest BCUT2D eigenvalue weighted by atomic mass is 10.1. The standard InChI is InChI=1S/C10H10BrClO2/c1-7(13)14-9-2-3-10(12)8(6-9)4-5-11/h2-3,6H,4-5H2,1H3. The zero-order chi connectivity index (χ0) is 10.6. The maximum absolute atomic E-state index is 10.7. The number of carbonyl (C=O) groups excluding carboxylic acids is 1. The highest BCUT2D eigenvalue weighted by molar-refractivity contribution is 9.09. The normalized spacial score (nSPS) is 9.93. The van der Waals surface area contributed by atoms with E-state index < -0.39 is 0 Å². The Morgan fingerprint density at radius 3 is 2.86 bits per heavy atom. The fraction of sp³-hybridized carbons (Fsp3) is 0.300. The lowest BCUT2D eigenvalue weighted by molar-refractivity contribution is -0.131. The van der Waals surface area contributed by atoms with Crippen LogP contribution in [-0.4, -0.2) is 11.3 Å². The predicted molar refractivity (Wildman–Crippen MR) is 60.3 cm³/mol. The van der Waals surface area contributed by atoms with E-state index in [4.69, 9.17) is 16.3 Å². The van der Waals surface area contributed by atoms with Crippen molar-refractivity contribution in [3.63, 3.8) is 0 Å². The van der Waals surface area contributed by atoms with Crippen LogP contribution < -0.4 is 4.74 Å². The molecule has 1 rings (SSSR count). The monoisotopic (exact) mass is 276 g/mol. The molecular weight excluding hydrogens is 267 g/mol. The molecule has 0 aliphatic heterocycles.